The van der Waals surface area contributed by atoms with Crippen LogP contribution in [0.5, 0.6) is 0 Å². The summed E-state index contributed by atoms with van der Waals surface area (Å²) in [6.45, 7) is 0. The molecule has 0 N–H and O–H groups in total. The van der Waals surface area contributed by atoms with Gasteiger partial charge in [0.05, 0.1) is 0 Å². The Labute approximate surface area is 77.7 Å². The van der Waals surface area contributed by atoms with Gasteiger partial charge in [-0.25, -0.2) is 4.39 Å². The molecular formula is C9H6BrFO. The molecular weight excluding hydrogens is 223 g/mol. The third-order valence-corrected chi connectivity index (χ3v) is 2.51. The van der Waals surface area contributed by atoms with Gasteiger partial charge in [-0.1, -0.05) is 22.0 Å². The number of carbonyl (C=O) groups excluding carboxylic acids is 1. The van der Waals surface area contributed by atoms with Crippen molar-refractivity contribution in [3.8, 4) is 0 Å². The van der Waals surface area contributed by atoms with Gasteiger partial charge < -0.3 is 0 Å². The molecule has 0 heterocycles. The summed E-state index contributed by atoms with van der Waals surface area (Å²) in [4.78, 5) is 11.2. The average Bonchev–Trinajstić information content (AvgIpc) is 2.31. The largest absolute Gasteiger partial charge is 0.291 e. The van der Waals surface area contributed by atoms with Crippen LogP contribution in [-0.2, 0) is 6.42 Å². The maximum Gasteiger partial charge on any atom is 0.197 e. The second kappa shape index (κ2) is 2.66. The number of rotatable bonds is 0. The standard InChI is InChI=1S/C9H6BrFO/c10-6-2-1-5-3-8(11)9(12)7(5)4-6/h1-2,4,8H,3H2. The molecule has 1 unspecified atom stereocenters. The van der Waals surface area contributed by atoms with Gasteiger partial charge in [0.15, 0.2) is 12.0 Å². The molecule has 0 saturated carbocycles. The predicted octanol–water partition coefficient (Wildman–Crippen LogP) is 2.53. The van der Waals surface area contributed by atoms with Crippen LogP contribution in [0.4, 0.5) is 4.39 Å². The highest BCUT2D eigenvalue weighted by molar-refractivity contribution is 9.10. The number of fused-ring (bicyclic) bond motifs is 1. The van der Waals surface area contributed by atoms with Gasteiger partial charge in [0, 0.05) is 16.5 Å². The summed E-state index contributed by atoms with van der Waals surface area (Å²) in [7, 11) is 0. The van der Waals surface area contributed by atoms with E-state index in [-0.39, 0.29) is 12.2 Å². The maximum absolute atomic E-state index is 12.9. The smallest absolute Gasteiger partial charge is 0.197 e. The van der Waals surface area contributed by atoms with Crippen molar-refractivity contribution in [3.05, 3.63) is 33.8 Å². The maximum atomic E-state index is 12.9. The highest BCUT2D eigenvalue weighted by atomic mass is 79.9. The number of carbonyl (C=O) groups is 1. The molecule has 0 aliphatic heterocycles. The first-order chi connectivity index (χ1) is 5.68. The van der Waals surface area contributed by atoms with Gasteiger partial charge in [-0.2, -0.15) is 0 Å². The third kappa shape index (κ3) is 1.08. The average molecular weight is 229 g/mol. The lowest BCUT2D eigenvalue weighted by Crippen LogP contribution is -2.08. The van der Waals surface area contributed by atoms with E-state index in [1.165, 1.54) is 0 Å². The molecule has 0 spiro atoms. The Morgan fingerprint density at radius 3 is 3.00 bits per heavy atom. The Hall–Kier alpha value is -0.700. The van der Waals surface area contributed by atoms with Crippen molar-refractivity contribution in [1.29, 1.82) is 0 Å². The molecule has 12 heavy (non-hydrogen) atoms. The van der Waals surface area contributed by atoms with Crippen molar-refractivity contribution >= 4 is 21.7 Å². The van der Waals surface area contributed by atoms with E-state index < -0.39 is 6.17 Å². The first-order valence-electron chi connectivity index (χ1n) is 3.65. The summed E-state index contributed by atoms with van der Waals surface area (Å²) in [5.74, 6) is -0.383. The van der Waals surface area contributed by atoms with Crippen molar-refractivity contribution in [1.82, 2.24) is 0 Å². The quantitative estimate of drug-likeness (QED) is 0.668. The van der Waals surface area contributed by atoms with E-state index in [4.69, 9.17) is 0 Å². The van der Waals surface area contributed by atoms with Crippen LogP contribution in [0.15, 0.2) is 22.7 Å². The van der Waals surface area contributed by atoms with Gasteiger partial charge in [-0.15, -0.1) is 0 Å². The highest BCUT2D eigenvalue weighted by Gasteiger charge is 2.29. The second-order valence-electron chi connectivity index (χ2n) is 2.84. The predicted molar refractivity (Wildman–Crippen MR) is 47.1 cm³/mol. The van der Waals surface area contributed by atoms with Crippen molar-refractivity contribution in [2.45, 2.75) is 12.6 Å². The second-order valence-corrected chi connectivity index (χ2v) is 3.75. The molecule has 0 amide bonds. The number of Topliss-reactive ketones (excluding diaryl/α,β-unsaturated/α-hetero) is 1. The third-order valence-electron chi connectivity index (χ3n) is 2.02. The Kier molecular flexibility index (Phi) is 1.76. The van der Waals surface area contributed by atoms with E-state index in [1.54, 1.807) is 12.1 Å². The van der Waals surface area contributed by atoms with E-state index in [0.717, 1.165) is 10.0 Å². The van der Waals surface area contributed by atoms with Crippen LogP contribution >= 0.6 is 15.9 Å². The van der Waals surface area contributed by atoms with Crippen LogP contribution < -0.4 is 0 Å². The summed E-state index contributed by atoms with van der Waals surface area (Å²) in [5, 5.41) is 0. The number of alkyl halides is 1. The monoisotopic (exact) mass is 228 g/mol. The van der Waals surface area contributed by atoms with E-state index >= 15 is 0 Å². The van der Waals surface area contributed by atoms with Crippen LogP contribution in [0, 0.1) is 0 Å². The van der Waals surface area contributed by atoms with Crippen LogP contribution in [0.2, 0.25) is 0 Å². The molecule has 3 heteroatoms. The van der Waals surface area contributed by atoms with Crippen LogP contribution in [-0.4, -0.2) is 12.0 Å². The lowest BCUT2D eigenvalue weighted by molar-refractivity contribution is 0.0899. The summed E-state index contributed by atoms with van der Waals surface area (Å²) in [6.07, 6.45) is -1.09. The topological polar surface area (TPSA) is 17.1 Å². The minimum atomic E-state index is -1.32. The zero-order valence-corrected chi connectivity index (χ0v) is 7.77. The van der Waals surface area contributed by atoms with E-state index in [1.807, 2.05) is 6.07 Å². The van der Waals surface area contributed by atoms with Gasteiger partial charge in [-0.05, 0) is 17.7 Å². The molecule has 0 saturated heterocycles. The molecule has 1 atom stereocenters. The van der Waals surface area contributed by atoms with Gasteiger partial charge in [0.1, 0.15) is 0 Å². The summed E-state index contributed by atoms with van der Waals surface area (Å²) in [6, 6.07) is 5.29. The van der Waals surface area contributed by atoms with Gasteiger partial charge in [0.2, 0.25) is 0 Å². The van der Waals surface area contributed by atoms with Crippen molar-refractivity contribution in [3.63, 3.8) is 0 Å². The minimum absolute atomic E-state index is 0.238. The van der Waals surface area contributed by atoms with Crippen molar-refractivity contribution in [2.24, 2.45) is 0 Å². The molecule has 0 radical (unpaired) electrons. The van der Waals surface area contributed by atoms with Gasteiger partial charge >= 0.3 is 0 Å². The first-order valence-corrected chi connectivity index (χ1v) is 4.44. The number of hydrogen-bond acceptors (Lipinski definition) is 1. The van der Waals surface area contributed by atoms with E-state index in [0.29, 0.717) is 5.56 Å². The number of benzene rings is 1. The lowest BCUT2D eigenvalue weighted by Gasteiger charge is -1.95. The van der Waals surface area contributed by atoms with Gasteiger partial charge in [-0.3, -0.25) is 4.79 Å². The summed E-state index contributed by atoms with van der Waals surface area (Å²) in [5.41, 5.74) is 1.34. The zero-order chi connectivity index (χ0) is 8.72. The molecule has 62 valence electrons. The Bertz CT molecular complexity index is 348. The van der Waals surface area contributed by atoms with Crippen molar-refractivity contribution < 1.29 is 9.18 Å². The SMILES string of the molecule is O=C1c2cc(Br)ccc2CC1F. The molecule has 0 bridgehead atoms. The molecule has 1 nitrogen and oxygen atoms in total. The molecule has 0 fully saturated rings. The Balaban J connectivity index is 2.56. The molecule has 1 aromatic rings. The first kappa shape index (κ1) is 7.92. The highest BCUT2D eigenvalue weighted by Crippen LogP contribution is 2.26. The summed E-state index contributed by atoms with van der Waals surface area (Å²) < 4.78 is 13.7. The molecule has 1 aromatic carbocycles. The number of ketones is 1. The fourth-order valence-electron chi connectivity index (χ4n) is 1.41. The van der Waals surface area contributed by atoms with Crippen LogP contribution in [0.3, 0.4) is 0 Å². The fraction of sp³-hybridized carbons (Fsp3) is 0.222. The van der Waals surface area contributed by atoms with Crippen molar-refractivity contribution in [2.75, 3.05) is 0 Å². The number of hydrogen-bond donors (Lipinski definition) is 0. The van der Waals surface area contributed by atoms with E-state index in [2.05, 4.69) is 15.9 Å². The number of halogens is 2. The Morgan fingerprint density at radius 1 is 1.50 bits per heavy atom. The zero-order valence-electron chi connectivity index (χ0n) is 6.18. The van der Waals surface area contributed by atoms with E-state index in [9.17, 15) is 9.18 Å². The molecule has 1 aliphatic carbocycles. The summed E-state index contributed by atoms with van der Waals surface area (Å²) >= 11 is 3.24. The molecule has 2 rings (SSSR count). The molecule has 0 aromatic heterocycles. The van der Waals surface area contributed by atoms with Crippen LogP contribution in [0.25, 0.3) is 0 Å². The van der Waals surface area contributed by atoms with Crippen LogP contribution in [0.1, 0.15) is 15.9 Å². The fourth-order valence-corrected chi connectivity index (χ4v) is 1.77. The minimum Gasteiger partial charge on any atom is -0.291 e. The normalized spacial score (nSPS) is 21.2. The molecule has 1 aliphatic rings. The Morgan fingerprint density at radius 2 is 2.25 bits per heavy atom. The lowest BCUT2D eigenvalue weighted by atomic mass is 10.1. The van der Waals surface area contributed by atoms with Gasteiger partial charge in [0.25, 0.3) is 0 Å².